The van der Waals surface area contributed by atoms with Crippen LogP contribution < -0.4 is 20.9 Å². The van der Waals surface area contributed by atoms with Gasteiger partial charge in [-0.05, 0) is 81.1 Å². The highest BCUT2D eigenvalue weighted by Gasteiger charge is 2.29. The monoisotopic (exact) mass is 454 g/mol. The van der Waals surface area contributed by atoms with Crippen molar-refractivity contribution in [2.45, 2.75) is 51.6 Å². The molecule has 2 aliphatic heterocycles. The number of likely N-dealkylation sites (tertiary alicyclic amines) is 1. The van der Waals surface area contributed by atoms with Gasteiger partial charge in [0.25, 0.3) is 0 Å². The second-order valence-corrected chi connectivity index (χ2v) is 9.67. The molecule has 2 fully saturated rings. The zero-order valence-corrected chi connectivity index (χ0v) is 19.5. The fraction of sp³-hybridized carbons (Fsp3) is 0.500. The average Bonchev–Trinajstić information content (AvgIpc) is 3.23. The summed E-state index contributed by atoms with van der Waals surface area (Å²) >= 11 is 0. The Morgan fingerprint density at radius 1 is 1.09 bits per heavy atom. The number of nitrogens with one attached hydrogen (secondary N) is 3. The van der Waals surface area contributed by atoms with Crippen LogP contribution in [0, 0.1) is 17.7 Å². The maximum atomic E-state index is 13.7. The molecule has 0 aliphatic carbocycles. The van der Waals surface area contributed by atoms with E-state index in [0.717, 1.165) is 44.6 Å². The van der Waals surface area contributed by atoms with Crippen molar-refractivity contribution < 1.29 is 13.9 Å². The number of amides is 1. The number of anilines is 1. The van der Waals surface area contributed by atoms with Crippen LogP contribution in [0.15, 0.2) is 48.5 Å². The number of benzene rings is 2. The molecule has 1 amide bonds. The minimum Gasteiger partial charge on any atom is -0.454 e. The highest BCUT2D eigenvalue weighted by molar-refractivity contribution is 5.92. The van der Waals surface area contributed by atoms with E-state index >= 15 is 0 Å². The molecule has 6 nitrogen and oxygen atoms in total. The fourth-order valence-corrected chi connectivity index (χ4v) is 4.74. The Bertz CT molecular complexity index is 913. The molecular weight excluding hydrogens is 419 g/mol. The first-order valence-electron chi connectivity index (χ1n) is 12.0. The third-order valence-electron chi connectivity index (χ3n) is 6.44. The summed E-state index contributed by atoms with van der Waals surface area (Å²) in [5.41, 5.74) is 7.60. The summed E-state index contributed by atoms with van der Waals surface area (Å²) in [7, 11) is 0. The Balaban J connectivity index is 1.20. The summed E-state index contributed by atoms with van der Waals surface area (Å²) in [5.74, 6) is 1.09. The SMILES string of the molecule is CC(C)CC1CC(CN2CCC(C(=O)Nc3ccc(Oc4ccccc4F)cc3)CC2)NN1. The van der Waals surface area contributed by atoms with Crippen molar-refractivity contribution in [2.75, 3.05) is 25.0 Å². The van der Waals surface area contributed by atoms with Gasteiger partial charge in [-0.3, -0.25) is 15.6 Å². The quantitative estimate of drug-likeness (QED) is 0.546. The summed E-state index contributed by atoms with van der Waals surface area (Å²) in [4.78, 5) is 15.2. The van der Waals surface area contributed by atoms with Gasteiger partial charge in [0.2, 0.25) is 5.91 Å². The van der Waals surface area contributed by atoms with Crippen molar-refractivity contribution in [1.82, 2.24) is 15.8 Å². The Kier molecular flexibility index (Phi) is 7.96. The molecular formula is C26H35FN4O2. The van der Waals surface area contributed by atoms with Crippen molar-refractivity contribution in [1.29, 1.82) is 0 Å². The van der Waals surface area contributed by atoms with Crippen LogP contribution in [0.25, 0.3) is 0 Å². The molecule has 2 aromatic rings. The Labute approximate surface area is 195 Å². The Morgan fingerprint density at radius 3 is 2.48 bits per heavy atom. The molecule has 0 aromatic heterocycles. The first-order chi connectivity index (χ1) is 16.0. The van der Waals surface area contributed by atoms with E-state index in [1.165, 1.54) is 12.5 Å². The van der Waals surface area contributed by atoms with Crippen molar-refractivity contribution in [3.8, 4) is 11.5 Å². The molecule has 0 spiro atoms. The highest BCUT2D eigenvalue weighted by atomic mass is 19.1. The number of halogens is 1. The van der Waals surface area contributed by atoms with Crippen LogP contribution in [0.1, 0.15) is 39.5 Å². The number of rotatable bonds is 8. The van der Waals surface area contributed by atoms with E-state index in [0.29, 0.717) is 23.8 Å². The number of carbonyl (C=O) groups is 1. The van der Waals surface area contributed by atoms with E-state index in [1.807, 2.05) is 0 Å². The molecule has 33 heavy (non-hydrogen) atoms. The topological polar surface area (TPSA) is 65.6 Å². The zero-order valence-electron chi connectivity index (χ0n) is 19.5. The third kappa shape index (κ3) is 6.76. The van der Waals surface area contributed by atoms with Gasteiger partial charge in [-0.2, -0.15) is 0 Å². The largest absolute Gasteiger partial charge is 0.454 e. The maximum Gasteiger partial charge on any atom is 0.227 e. The lowest BCUT2D eigenvalue weighted by Gasteiger charge is -2.32. The van der Waals surface area contributed by atoms with Gasteiger partial charge in [-0.1, -0.05) is 26.0 Å². The summed E-state index contributed by atoms with van der Waals surface area (Å²) in [6.07, 6.45) is 4.10. The van der Waals surface area contributed by atoms with E-state index in [1.54, 1.807) is 42.5 Å². The molecule has 4 rings (SSSR count). The second-order valence-electron chi connectivity index (χ2n) is 9.67. The molecule has 2 saturated heterocycles. The van der Waals surface area contributed by atoms with E-state index in [4.69, 9.17) is 4.74 Å². The molecule has 0 bridgehead atoms. The highest BCUT2D eigenvalue weighted by Crippen LogP contribution is 2.26. The molecule has 2 aromatic carbocycles. The van der Waals surface area contributed by atoms with E-state index in [9.17, 15) is 9.18 Å². The zero-order chi connectivity index (χ0) is 23.2. The standard InChI is InChI=1S/C26H35FN4O2/c1-18(2)15-21-16-22(30-29-21)17-31-13-11-19(12-14-31)26(32)28-20-7-9-23(10-8-20)33-25-6-4-3-5-24(25)27/h3-10,18-19,21-22,29-30H,11-17H2,1-2H3,(H,28,32). The molecule has 2 atom stereocenters. The van der Waals surface area contributed by atoms with Crippen molar-refractivity contribution in [3.05, 3.63) is 54.3 Å². The predicted molar refractivity (Wildman–Crippen MR) is 129 cm³/mol. The van der Waals surface area contributed by atoms with Crippen molar-refractivity contribution >= 4 is 11.6 Å². The lowest BCUT2D eigenvalue weighted by Crippen LogP contribution is -2.45. The lowest BCUT2D eigenvalue weighted by molar-refractivity contribution is -0.121. The normalized spacial score (nSPS) is 21.9. The fourth-order valence-electron chi connectivity index (χ4n) is 4.74. The minimum absolute atomic E-state index is 0.0268. The smallest absolute Gasteiger partial charge is 0.227 e. The number of ether oxygens (including phenoxy) is 1. The van der Waals surface area contributed by atoms with Gasteiger partial charge in [0.15, 0.2) is 11.6 Å². The molecule has 7 heteroatoms. The van der Waals surface area contributed by atoms with E-state index in [-0.39, 0.29) is 17.6 Å². The summed E-state index contributed by atoms with van der Waals surface area (Å²) in [5, 5.41) is 3.02. The van der Waals surface area contributed by atoms with Crippen LogP contribution in [0.5, 0.6) is 11.5 Å². The molecule has 0 radical (unpaired) electrons. The van der Waals surface area contributed by atoms with Crippen LogP contribution in [0.2, 0.25) is 0 Å². The predicted octanol–water partition coefficient (Wildman–Crippen LogP) is 4.55. The van der Waals surface area contributed by atoms with Gasteiger partial charge >= 0.3 is 0 Å². The molecule has 0 saturated carbocycles. The molecule has 2 unspecified atom stereocenters. The maximum absolute atomic E-state index is 13.7. The van der Waals surface area contributed by atoms with Gasteiger partial charge < -0.3 is 15.0 Å². The van der Waals surface area contributed by atoms with Gasteiger partial charge in [-0.25, -0.2) is 4.39 Å². The number of hydrazine groups is 1. The molecule has 2 heterocycles. The van der Waals surface area contributed by atoms with Crippen LogP contribution >= 0.6 is 0 Å². The second kappa shape index (κ2) is 11.1. The van der Waals surface area contributed by atoms with Crippen molar-refractivity contribution in [2.24, 2.45) is 11.8 Å². The summed E-state index contributed by atoms with van der Waals surface area (Å²) < 4.78 is 19.3. The van der Waals surface area contributed by atoms with E-state index < -0.39 is 5.82 Å². The first kappa shape index (κ1) is 23.7. The van der Waals surface area contributed by atoms with Crippen molar-refractivity contribution in [3.63, 3.8) is 0 Å². The molecule has 2 aliphatic rings. The molecule has 178 valence electrons. The minimum atomic E-state index is -0.406. The first-order valence-corrected chi connectivity index (χ1v) is 12.0. The number of nitrogens with zero attached hydrogens (tertiary/aromatic N) is 1. The van der Waals surface area contributed by atoms with Crippen LogP contribution in [-0.2, 0) is 4.79 Å². The number of carbonyl (C=O) groups excluding carboxylic acids is 1. The van der Waals surface area contributed by atoms with Gasteiger partial charge in [0.1, 0.15) is 5.75 Å². The molecule has 3 N–H and O–H groups in total. The number of hydrogen-bond acceptors (Lipinski definition) is 5. The number of hydrogen-bond donors (Lipinski definition) is 3. The third-order valence-corrected chi connectivity index (χ3v) is 6.44. The summed E-state index contributed by atoms with van der Waals surface area (Å²) in [6.45, 7) is 7.44. The average molecular weight is 455 g/mol. The van der Waals surface area contributed by atoms with Crippen LogP contribution in [0.3, 0.4) is 0 Å². The van der Waals surface area contributed by atoms with Gasteiger partial charge in [0.05, 0.1) is 0 Å². The Morgan fingerprint density at radius 2 is 1.79 bits per heavy atom. The summed E-state index contributed by atoms with van der Waals surface area (Å²) in [6, 6.07) is 14.4. The van der Waals surface area contributed by atoms with Gasteiger partial charge in [-0.15, -0.1) is 0 Å². The lowest BCUT2D eigenvalue weighted by atomic mass is 9.95. The van der Waals surface area contributed by atoms with E-state index in [2.05, 4.69) is 34.9 Å². The van der Waals surface area contributed by atoms with Crippen LogP contribution in [-0.4, -0.2) is 42.5 Å². The van der Waals surface area contributed by atoms with Crippen LogP contribution in [0.4, 0.5) is 10.1 Å². The number of piperidine rings is 1. The number of para-hydroxylation sites is 1. The van der Waals surface area contributed by atoms with Gasteiger partial charge in [0, 0.05) is 30.2 Å². The Hall–Kier alpha value is -2.48.